The Morgan fingerprint density at radius 3 is 2.71 bits per heavy atom. The molecule has 0 radical (unpaired) electrons. The number of unbranched alkanes of at least 4 members (excludes halogenated alkanes) is 2. The van der Waals surface area contributed by atoms with Gasteiger partial charge in [0, 0.05) is 17.6 Å². The summed E-state index contributed by atoms with van der Waals surface area (Å²) >= 11 is 1.30. The summed E-state index contributed by atoms with van der Waals surface area (Å²) in [4.78, 5) is 16.2. The first kappa shape index (κ1) is 18.1. The number of hydrogen-bond donors (Lipinski definition) is 2. The van der Waals surface area contributed by atoms with E-state index in [9.17, 15) is 13.6 Å². The topological polar surface area (TPSA) is 63.2 Å². The molecule has 1 amide bonds. The first-order chi connectivity index (χ1) is 11.6. The van der Waals surface area contributed by atoms with Gasteiger partial charge in [0.15, 0.2) is 5.13 Å². The van der Waals surface area contributed by atoms with Gasteiger partial charge in [-0.05, 0) is 30.7 Å². The van der Waals surface area contributed by atoms with Crippen LogP contribution in [0, 0.1) is 0 Å². The molecule has 24 heavy (non-hydrogen) atoms. The van der Waals surface area contributed by atoms with E-state index in [-0.39, 0.29) is 11.7 Å². The average molecular weight is 355 g/mol. The van der Waals surface area contributed by atoms with E-state index < -0.39 is 6.61 Å². The second-order valence-electron chi connectivity index (χ2n) is 5.03. The number of aromatic nitrogens is 1. The van der Waals surface area contributed by atoms with Crippen molar-refractivity contribution >= 4 is 28.1 Å². The van der Waals surface area contributed by atoms with E-state index >= 15 is 0 Å². The minimum Gasteiger partial charge on any atom is -0.435 e. The molecule has 0 bridgehead atoms. The van der Waals surface area contributed by atoms with Gasteiger partial charge in [-0.1, -0.05) is 19.8 Å². The van der Waals surface area contributed by atoms with Gasteiger partial charge in [-0.2, -0.15) is 8.78 Å². The molecule has 2 N–H and O–H groups in total. The number of benzene rings is 1. The first-order valence-electron chi connectivity index (χ1n) is 7.64. The molecule has 0 saturated heterocycles. The van der Waals surface area contributed by atoms with Crippen molar-refractivity contribution in [3.63, 3.8) is 0 Å². The van der Waals surface area contributed by atoms with Crippen LogP contribution in [0.2, 0.25) is 0 Å². The third kappa shape index (κ3) is 5.77. The molecular formula is C16H19F2N3O2S. The lowest BCUT2D eigenvalue weighted by Crippen LogP contribution is -2.24. The lowest BCUT2D eigenvalue weighted by Gasteiger charge is -2.06. The van der Waals surface area contributed by atoms with Crippen molar-refractivity contribution in [2.75, 3.05) is 11.9 Å². The van der Waals surface area contributed by atoms with Crippen molar-refractivity contribution in [3.05, 3.63) is 35.3 Å². The highest BCUT2D eigenvalue weighted by molar-refractivity contribution is 7.14. The van der Waals surface area contributed by atoms with Crippen molar-refractivity contribution in [1.82, 2.24) is 10.3 Å². The van der Waals surface area contributed by atoms with Crippen LogP contribution in [0.1, 0.15) is 36.7 Å². The minimum absolute atomic E-state index is 0.0850. The van der Waals surface area contributed by atoms with Gasteiger partial charge in [0.25, 0.3) is 5.91 Å². The van der Waals surface area contributed by atoms with Crippen LogP contribution in [0.5, 0.6) is 5.75 Å². The zero-order valence-corrected chi connectivity index (χ0v) is 14.0. The molecule has 0 aliphatic carbocycles. The fourth-order valence-electron chi connectivity index (χ4n) is 1.95. The van der Waals surface area contributed by atoms with E-state index in [1.807, 2.05) is 0 Å². The van der Waals surface area contributed by atoms with E-state index in [0.29, 0.717) is 23.1 Å². The van der Waals surface area contributed by atoms with Crippen molar-refractivity contribution in [3.8, 4) is 5.75 Å². The molecule has 5 nitrogen and oxygen atoms in total. The van der Waals surface area contributed by atoms with Crippen LogP contribution in [0.15, 0.2) is 29.6 Å². The van der Waals surface area contributed by atoms with Gasteiger partial charge < -0.3 is 15.4 Å². The summed E-state index contributed by atoms with van der Waals surface area (Å²) < 4.78 is 28.5. The lowest BCUT2D eigenvalue weighted by molar-refractivity contribution is -0.0498. The quantitative estimate of drug-likeness (QED) is 0.654. The maximum atomic E-state index is 12.1. The summed E-state index contributed by atoms with van der Waals surface area (Å²) in [6.45, 7) is -0.105. The number of alkyl halides is 2. The Balaban J connectivity index is 1.87. The Kier molecular flexibility index (Phi) is 6.92. The molecule has 0 aliphatic heterocycles. The maximum Gasteiger partial charge on any atom is 0.387 e. The smallest absolute Gasteiger partial charge is 0.387 e. The van der Waals surface area contributed by atoms with Crippen molar-refractivity contribution in [1.29, 1.82) is 0 Å². The normalized spacial score (nSPS) is 10.7. The van der Waals surface area contributed by atoms with Gasteiger partial charge in [0.2, 0.25) is 0 Å². The first-order valence-corrected chi connectivity index (χ1v) is 8.52. The largest absolute Gasteiger partial charge is 0.435 e. The molecule has 2 aromatic rings. The zero-order valence-electron chi connectivity index (χ0n) is 13.2. The summed E-state index contributed by atoms with van der Waals surface area (Å²) in [5.41, 5.74) is 1.03. The number of carbonyl (C=O) groups is 1. The number of rotatable bonds is 9. The Morgan fingerprint density at radius 2 is 2.04 bits per heavy atom. The highest BCUT2D eigenvalue weighted by Crippen LogP contribution is 2.23. The van der Waals surface area contributed by atoms with Gasteiger partial charge in [0.05, 0.1) is 0 Å². The van der Waals surface area contributed by atoms with Crippen LogP contribution in [0.4, 0.5) is 19.6 Å². The van der Waals surface area contributed by atoms with E-state index in [2.05, 4.69) is 27.3 Å². The number of hydrogen-bond acceptors (Lipinski definition) is 5. The van der Waals surface area contributed by atoms with Crippen molar-refractivity contribution in [2.45, 2.75) is 32.8 Å². The molecule has 0 spiro atoms. The predicted molar refractivity (Wildman–Crippen MR) is 90.3 cm³/mol. The molecule has 130 valence electrons. The molecule has 1 heterocycles. The van der Waals surface area contributed by atoms with Crippen molar-refractivity contribution in [2.24, 2.45) is 0 Å². The van der Waals surface area contributed by atoms with Crippen LogP contribution in [0.3, 0.4) is 0 Å². The maximum absolute atomic E-state index is 12.1. The fraction of sp³-hybridized carbons (Fsp3) is 0.375. The SMILES string of the molecule is CCCCCNC(=O)c1csc(Nc2ccc(OC(F)F)cc2)n1. The Labute approximate surface area is 143 Å². The summed E-state index contributed by atoms with van der Waals surface area (Å²) in [6.07, 6.45) is 3.13. The standard InChI is InChI=1S/C16H19F2N3O2S/c1-2-3-4-9-19-14(22)13-10-24-16(21-13)20-11-5-7-12(8-6-11)23-15(17)18/h5-8,10,15H,2-4,9H2,1H3,(H,19,22)(H,20,21). The number of amides is 1. The van der Waals surface area contributed by atoms with Crippen LogP contribution in [-0.2, 0) is 0 Å². The molecule has 2 rings (SSSR count). The third-order valence-corrected chi connectivity index (χ3v) is 3.89. The average Bonchev–Trinajstić information content (AvgIpc) is 3.01. The Hall–Kier alpha value is -2.22. The summed E-state index contributed by atoms with van der Waals surface area (Å²) in [6, 6.07) is 6.07. The lowest BCUT2D eigenvalue weighted by atomic mass is 10.2. The van der Waals surface area contributed by atoms with Gasteiger partial charge in [-0.25, -0.2) is 4.98 Å². The second-order valence-corrected chi connectivity index (χ2v) is 5.89. The number of thiazole rings is 1. The number of carbonyl (C=O) groups excluding carboxylic acids is 1. The molecule has 0 aliphatic rings. The highest BCUT2D eigenvalue weighted by atomic mass is 32.1. The molecule has 8 heteroatoms. The number of anilines is 2. The minimum atomic E-state index is -2.85. The van der Waals surface area contributed by atoms with Crippen LogP contribution >= 0.6 is 11.3 Å². The number of nitrogens with one attached hydrogen (secondary N) is 2. The van der Waals surface area contributed by atoms with E-state index in [1.165, 1.54) is 23.5 Å². The van der Waals surface area contributed by atoms with Crippen molar-refractivity contribution < 1.29 is 18.3 Å². The zero-order chi connectivity index (χ0) is 17.4. The van der Waals surface area contributed by atoms with E-state index in [4.69, 9.17) is 0 Å². The van der Waals surface area contributed by atoms with E-state index in [0.717, 1.165) is 19.3 Å². The monoisotopic (exact) mass is 355 g/mol. The second kappa shape index (κ2) is 9.17. The Bertz CT molecular complexity index is 647. The summed E-state index contributed by atoms with van der Waals surface area (Å²) in [5.74, 6) is -0.113. The van der Waals surface area contributed by atoms with Crippen LogP contribution < -0.4 is 15.4 Å². The summed E-state index contributed by atoms with van der Waals surface area (Å²) in [7, 11) is 0. The number of nitrogens with zero attached hydrogens (tertiary/aromatic N) is 1. The van der Waals surface area contributed by atoms with Crippen LogP contribution in [-0.4, -0.2) is 24.0 Å². The third-order valence-electron chi connectivity index (χ3n) is 3.13. The fourth-order valence-corrected chi connectivity index (χ4v) is 2.66. The molecule has 0 saturated carbocycles. The summed E-state index contributed by atoms with van der Waals surface area (Å²) in [5, 5.41) is 8.07. The molecule has 0 fully saturated rings. The molecule has 1 aromatic heterocycles. The molecule has 1 aromatic carbocycles. The Morgan fingerprint density at radius 1 is 1.29 bits per heavy atom. The highest BCUT2D eigenvalue weighted by Gasteiger charge is 2.10. The van der Waals surface area contributed by atoms with Gasteiger partial charge in [-0.15, -0.1) is 11.3 Å². The van der Waals surface area contributed by atoms with Gasteiger partial charge in [-0.3, -0.25) is 4.79 Å². The molecule has 0 atom stereocenters. The van der Waals surface area contributed by atoms with Crippen LogP contribution in [0.25, 0.3) is 0 Å². The van der Waals surface area contributed by atoms with Gasteiger partial charge in [0.1, 0.15) is 11.4 Å². The predicted octanol–water partition coefficient (Wildman–Crippen LogP) is 4.41. The van der Waals surface area contributed by atoms with E-state index in [1.54, 1.807) is 17.5 Å². The number of ether oxygens (including phenoxy) is 1. The molecular weight excluding hydrogens is 336 g/mol. The van der Waals surface area contributed by atoms with Gasteiger partial charge >= 0.3 is 6.61 Å². The molecule has 0 unspecified atom stereocenters. The number of halogens is 2.